The zero-order valence-electron chi connectivity index (χ0n) is 17.1. The summed E-state index contributed by atoms with van der Waals surface area (Å²) in [6, 6.07) is 13.4. The molecule has 8 nitrogen and oxygen atoms in total. The summed E-state index contributed by atoms with van der Waals surface area (Å²) in [7, 11) is 0. The molecule has 2 heterocycles. The van der Waals surface area contributed by atoms with Crippen LogP contribution < -0.4 is 4.74 Å². The predicted octanol–water partition coefficient (Wildman–Crippen LogP) is 0.820. The first-order chi connectivity index (χ1) is 14.9. The fourth-order valence-electron chi connectivity index (χ4n) is 3.93. The molecule has 1 aromatic heterocycles. The molecule has 0 spiro atoms. The van der Waals surface area contributed by atoms with Crippen molar-refractivity contribution in [1.82, 2.24) is 4.98 Å². The third kappa shape index (κ3) is 3.94. The minimum atomic E-state index is -2.63. The number of rotatable bonds is 6. The van der Waals surface area contributed by atoms with Crippen LogP contribution in [0.25, 0.3) is 10.9 Å². The smallest absolute Gasteiger partial charge is 0.288 e. The molecule has 0 bridgehead atoms. The number of aromatic nitrogens is 1. The second kappa shape index (κ2) is 8.58. The monoisotopic (exact) mass is 429 g/mol. The maximum atomic E-state index is 10.9. The number of nitrogens with one attached hydrogen (secondary N) is 1. The van der Waals surface area contributed by atoms with E-state index in [2.05, 4.69) is 36.2 Å². The van der Waals surface area contributed by atoms with Crippen molar-refractivity contribution < 1.29 is 35.0 Å². The van der Waals surface area contributed by atoms with Crippen LogP contribution in [0.2, 0.25) is 0 Å². The molecule has 4 rings (SSSR count). The topological polar surface area (TPSA) is 135 Å². The Hall–Kier alpha value is -2.46. The lowest BCUT2D eigenvalue weighted by molar-refractivity contribution is -0.385. The van der Waals surface area contributed by atoms with Crippen molar-refractivity contribution in [1.29, 1.82) is 0 Å². The SMILES string of the molecule is CCc1ccc(Cc2c[nH]c3cccc(O[C@]4(O)C(O)O[C@H](CO)[C@@H](O)[C@@H]4O)c23)cc1. The van der Waals surface area contributed by atoms with E-state index in [9.17, 15) is 25.5 Å². The zero-order chi connectivity index (χ0) is 22.2. The van der Waals surface area contributed by atoms with E-state index in [4.69, 9.17) is 9.47 Å². The molecular formula is C23H27NO7. The third-order valence-corrected chi connectivity index (χ3v) is 5.81. The van der Waals surface area contributed by atoms with Gasteiger partial charge in [0.05, 0.1) is 6.61 Å². The Balaban J connectivity index is 1.67. The summed E-state index contributed by atoms with van der Waals surface area (Å²) in [6.07, 6.45) is -3.40. The predicted molar refractivity (Wildman–Crippen MR) is 112 cm³/mol. The molecule has 166 valence electrons. The summed E-state index contributed by atoms with van der Waals surface area (Å²) in [6.45, 7) is 1.46. The maximum absolute atomic E-state index is 10.9. The van der Waals surface area contributed by atoms with E-state index in [0.717, 1.165) is 23.1 Å². The van der Waals surface area contributed by atoms with Crippen LogP contribution in [0.15, 0.2) is 48.7 Å². The Morgan fingerprint density at radius 1 is 1.06 bits per heavy atom. The van der Waals surface area contributed by atoms with Crippen LogP contribution in [0.4, 0.5) is 0 Å². The van der Waals surface area contributed by atoms with Crippen LogP contribution in [-0.2, 0) is 17.6 Å². The number of benzene rings is 2. The fraction of sp³-hybridized carbons (Fsp3) is 0.391. The van der Waals surface area contributed by atoms with Crippen molar-refractivity contribution in [2.24, 2.45) is 0 Å². The standard InChI is InChI=1S/C23H27NO7/c1-2-13-6-8-14(9-7-13)10-15-11-24-16-4-3-5-17(19(15)16)31-23(29)21(27)20(26)18(12-25)30-22(23)28/h3-9,11,18,20-22,24-29H,2,10,12H2,1H3/t18-,20-,21+,22?,23+/m1/s1. The van der Waals surface area contributed by atoms with E-state index in [0.29, 0.717) is 11.8 Å². The number of aromatic amines is 1. The van der Waals surface area contributed by atoms with Gasteiger partial charge in [-0.1, -0.05) is 37.3 Å². The van der Waals surface area contributed by atoms with E-state index < -0.39 is 37.0 Å². The molecule has 0 amide bonds. The Morgan fingerprint density at radius 2 is 1.77 bits per heavy atom. The lowest BCUT2D eigenvalue weighted by Gasteiger charge is -2.45. The van der Waals surface area contributed by atoms with Crippen LogP contribution >= 0.6 is 0 Å². The van der Waals surface area contributed by atoms with Gasteiger partial charge >= 0.3 is 0 Å². The Morgan fingerprint density at radius 3 is 2.45 bits per heavy atom. The average molecular weight is 429 g/mol. The van der Waals surface area contributed by atoms with Gasteiger partial charge in [-0.25, -0.2) is 0 Å². The van der Waals surface area contributed by atoms with Gasteiger partial charge in [0.25, 0.3) is 5.79 Å². The number of hydrogen-bond donors (Lipinski definition) is 6. The fourth-order valence-corrected chi connectivity index (χ4v) is 3.93. The van der Waals surface area contributed by atoms with Gasteiger partial charge in [0.1, 0.15) is 18.0 Å². The van der Waals surface area contributed by atoms with Crippen molar-refractivity contribution in [3.8, 4) is 5.75 Å². The highest BCUT2D eigenvalue weighted by atomic mass is 16.7. The molecule has 1 aliphatic heterocycles. The van der Waals surface area contributed by atoms with Crippen molar-refractivity contribution in [2.45, 2.75) is 50.2 Å². The van der Waals surface area contributed by atoms with Gasteiger partial charge in [-0.2, -0.15) is 0 Å². The van der Waals surface area contributed by atoms with Crippen LogP contribution in [0, 0.1) is 0 Å². The molecular weight excluding hydrogens is 402 g/mol. The average Bonchev–Trinajstić information content (AvgIpc) is 3.19. The normalized spacial score (nSPS) is 28.7. The minimum absolute atomic E-state index is 0.206. The quantitative estimate of drug-likeness (QED) is 0.319. The number of aliphatic hydroxyl groups excluding tert-OH is 4. The van der Waals surface area contributed by atoms with Crippen molar-refractivity contribution in [3.05, 3.63) is 65.4 Å². The van der Waals surface area contributed by atoms with Crippen LogP contribution in [-0.4, -0.2) is 67.5 Å². The summed E-state index contributed by atoms with van der Waals surface area (Å²) in [5.41, 5.74) is 3.98. The van der Waals surface area contributed by atoms with E-state index in [-0.39, 0.29) is 5.75 Å². The largest absolute Gasteiger partial charge is 0.454 e. The molecule has 1 unspecified atom stereocenters. The molecule has 31 heavy (non-hydrogen) atoms. The lowest BCUT2D eigenvalue weighted by atomic mass is 9.95. The van der Waals surface area contributed by atoms with Crippen LogP contribution in [0.3, 0.4) is 0 Å². The number of aryl methyl sites for hydroxylation is 1. The molecule has 1 aliphatic rings. The van der Waals surface area contributed by atoms with Crippen molar-refractivity contribution >= 4 is 10.9 Å². The van der Waals surface area contributed by atoms with E-state index in [1.54, 1.807) is 12.1 Å². The molecule has 0 aliphatic carbocycles. The van der Waals surface area contributed by atoms with E-state index in [1.807, 2.05) is 12.3 Å². The molecule has 0 radical (unpaired) electrons. The lowest BCUT2D eigenvalue weighted by Crippen LogP contribution is -2.69. The number of hydrogen-bond acceptors (Lipinski definition) is 7. The molecule has 6 N–H and O–H groups in total. The highest BCUT2D eigenvalue weighted by molar-refractivity contribution is 5.89. The van der Waals surface area contributed by atoms with Gasteiger partial charge in [0, 0.05) is 17.1 Å². The summed E-state index contributed by atoms with van der Waals surface area (Å²) in [5, 5.41) is 51.6. The molecule has 5 atom stereocenters. The van der Waals surface area contributed by atoms with E-state index >= 15 is 0 Å². The summed E-state index contributed by atoms with van der Waals surface area (Å²) >= 11 is 0. The summed E-state index contributed by atoms with van der Waals surface area (Å²) in [5.74, 6) is -2.42. The molecule has 8 heteroatoms. The van der Waals surface area contributed by atoms with Gasteiger partial charge in [-0.3, -0.25) is 0 Å². The molecule has 1 fully saturated rings. The molecule has 0 saturated carbocycles. The molecule has 3 aromatic rings. The van der Waals surface area contributed by atoms with Gasteiger partial charge in [0.2, 0.25) is 6.29 Å². The number of H-pyrrole nitrogens is 1. The van der Waals surface area contributed by atoms with Crippen LogP contribution in [0.5, 0.6) is 5.75 Å². The Labute approximate surface area is 179 Å². The number of fused-ring (bicyclic) bond motifs is 1. The van der Waals surface area contributed by atoms with E-state index in [1.165, 1.54) is 5.56 Å². The third-order valence-electron chi connectivity index (χ3n) is 5.81. The van der Waals surface area contributed by atoms with Gasteiger partial charge < -0.3 is 40.0 Å². The highest BCUT2D eigenvalue weighted by Crippen LogP contribution is 2.36. The Kier molecular flexibility index (Phi) is 6.02. The number of ether oxygens (including phenoxy) is 2. The number of aliphatic hydroxyl groups is 5. The zero-order valence-corrected chi connectivity index (χ0v) is 17.1. The Bertz CT molecular complexity index is 1030. The maximum Gasteiger partial charge on any atom is 0.288 e. The summed E-state index contributed by atoms with van der Waals surface area (Å²) < 4.78 is 10.7. The second-order valence-corrected chi connectivity index (χ2v) is 7.84. The highest BCUT2D eigenvalue weighted by Gasteiger charge is 2.57. The van der Waals surface area contributed by atoms with Crippen molar-refractivity contribution in [3.63, 3.8) is 0 Å². The van der Waals surface area contributed by atoms with Gasteiger partial charge in [-0.15, -0.1) is 0 Å². The van der Waals surface area contributed by atoms with Gasteiger partial charge in [-0.05, 0) is 41.7 Å². The first-order valence-electron chi connectivity index (χ1n) is 10.3. The molecule has 1 saturated heterocycles. The van der Waals surface area contributed by atoms with Crippen molar-refractivity contribution in [2.75, 3.05) is 6.61 Å². The first kappa shape index (κ1) is 21.8. The first-order valence-corrected chi connectivity index (χ1v) is 10.3. The minimum Gasteiger partial charge on any atom is -0.454 e. The van der Waals surface area contributed by atoms with Gasteiger partial charge in [0.15, 0.2) is 6.10 Å². The summed E-state index contributed by atoms with van der Waals surface area (Å²) in [4.78, 5) is 3.17. The molecule has 2 aromatic carbocycles. The second-order valence-electron chi connectivity index (χ2n) is 7.84. The van der Waals surface area contributed by atoms with Crippen LogP contribution in [0.1, 0.15) is 23.6 Å².